The molecule has 0 atom stereocenters. The van der Waals surface area contributed by atoms with E-state index in [0.29, 0.717) is 13.0 Å². The lowest BCUT2D eigenvalue weighted by Gasteiger charge is -2.18. The van der Waals surface area contributed by atoms with Gasteiger partial charge in [-0.25, -0.2) is 0 Å². The number of carbonyl (C=O) groups excluding carboxylic acids is 1. The van der Waals surface area contributed by atoms with Crippen molar-refractivity contribution in [3.8, 4) is 0 Å². The van der Waals surface area contributed by atoms with E-state index in [9.17, 15) is 4.79 Å². The van der Waals surface area contributed by atoms with E-state index in [2.05, 4.69) is 10.9 Å². The van der Waals surface area contributed by atoms with Crippen molar-refractivity contribution in [2.24, 2.45) is 0 Å². The van der Waals surface area contributed by atoms with Gasteiger partial charge >= 0.3 is 0 Å². The molecule has 2 rings (SSSR count). The van der Waals surface area contributed by atoms with Crippen LogP contribution in [-0.4, -0.2) is 19.6 Å². The van der Waals surface area contributed by atoms with Gasteiger partial charge in [0.15, 0.2) is 0 Å². The molecule has 1 heterocycles. The number of nitrogens with one attached hydrogen (secondary N) is 2. The number of carbonyl (C=O) groups is 1. The third-order valence-electron chi connectivity index (χ3n) is 2.47. The molecular formula is C11H15N3O2. The second kappa shape index (κ2) is 4.96. The highest BCUT2D eigenvalue weighted by Crippen LogP contribution is 2.17. The number of hydroxylamine groups is 1. The van der Waals surface area contributed by atoms with E-state index in [-0.39, 0.29) is 5.91 Å². The van der Waals surface area contributed by atoms with Crippen LogP contribution in [0.5, 0.6) is 0 Å². The first-order valence-electron chi connectivity index (χ1n) is 5.21. The minimum absolute atomic E-state index is 0.0698. The topological polar surface area (TPSA) is 53.6 Å². The maximum atomic E-state index is 11.1. The molecule has 0 spiro atoms. The van der Waals surface area contributed by atoms with Crippen molar-refractivity contribution in [2.75, 3.05) is 18.7 Å². The molecule has 1 aromatic rings. The van der Waals surface area contributed by atoms with Crippen LogP contribution in [0.1, 0.15) is 12.0 Å². The summed E-state index contributed by atoms with van der Waals surface area (Å²) in [7, 11) is 1.59. The zero-order valence-corrected chi connectivity index (χ0v) is 9.19. The van der Waals surface area contributed by atoms with Crippen molar-refractivity contribution < 1.29 is 9.63 Å². The fraction of sp³-hybridized carbons (Fsp3) is 0.364. The molecule has 0 unspecified atom stereocenters. The SMILES string of the molecule is CONCc1cccc(N2CCC(=O)N2)c1. The molecule has 0 radical (unpaired) electrons. The summed E-state index contributed by atoms with van der Waals surface area (Å²) < 4.78 is 0. The average molecular weight is 221 g/mol. The molecule has 0 saturated carbocycles. The van der Waals surface area contributed by atoms with Crippen molar-refractivity contribution in [1.82, 2.24) is 10.9 Å². The first-order chi connectivity index (χ1) is 7.79. The number of rotatable bonds is 4. The third kappa shape index (κ3) is 2.50. The first kappa shape index (κ1) is 10.9. The van der Waals surface area contributed by atoms with Crippen LogP contribution < -0.4 is 15.9 Å². The van der Waals surface area contributed by atoms with E-state index < -0.39 is 0 Å². The van der Waals surface area contributed by atoms with Gasteiger partial charge in [-0.1, -0.05) is 12.1 Å². The van der Waals surface area contributed by atoms with Crippen molar-refractivity contribution in [3.05, 3.63) is 29.8 Å². The van der Waals surface area contributed by atoms with Crippen molar-refractivity contribution in [1.29, 1.82) is 0 Å². The zero-order chi connectivity index (χ0) is 11.4. The van der Waals surface area contributed by atoms with E-state index in [0.717, 1.165) is 17.8 Å². The third-order valence-corrected chi connectivity index (χ3v) is 2.47. The summed E-state index contributed by atoms with van der Waals surface area (Å²) >= 11 is 0. The van der Waals surface area contributed by atoms with Crippen LogP contribution in [0.4, 0.5) is 5.69 Å². The maximum Gasteiger partial charge on any atom is 0.240 e. The smallest absolute Gasteiger partial charge is 0.240 e. The number of nitrogens with zero attached hydrogens (tertiary/aromatic N) is 1. The second-order valence-electron chi connectivity index (χ2n) is 3.63. The Hall–Kier alpha value is -1.59. The standard InChI is InChI=1S/C11H15N3O2/c1-16-12-8-9-3-2-4-10(7-9)14-6-5-11(15)13-14/h2-4,7,12H,5-6,8H2,1H3,(H,13,15). The number of hydrazine groups is 1. The number of hydrogen-bond donors (Lipinski definition) is 2. The molecule has 16 heavy (non-hydrogen) atoms. The predicted molar refractivity (Wildman–Crippen MR) is 60.4 cm³/mol. The van der Waals surface area contributed by atoms with Crippen LogP contribution in [0, 0.1) is 0 Å². The minimum atomic E-state index is 0.0698. The van der Waals surface area contributed by atoms with Crippen LogP contribution in [0.25, 0.3) is 0 Å². The van der Waals surface area contributed by atoms with Crippen LogP contribution in [0.3, 0.4) is 0 Å². The predicted octanol–water partition coefficient (Wildman–Crippen LogP) is 0.579. The Morgan fingerprint density at radius 3 is 3.12 bits per heavy atom. The van der Waals surface area contributed by atoms with Gasteiger partial charge < -0.3 is 4.84 Å². The lowest BCUT2D eigenvalue weighted by Crippen LogP contribution is -2.32. The molecule has 86 valence electrons. The van der Waals surface area contributed by atoms with Gasteiger partial charge in [0, 0.05) is 19.5 Å². The van der Waals surface area contributed by atoms with Crippen molar-refractivity contribution >= 4 is 11.6 Å². The average Bonchev–Trinajstić information content (AvgIpc) is 2.74. The Labute approximate surface area is 94.3 Å². The molecule has 0 aromatic heterocycles. The fourth-order valence-electron chi connectivity index (χ4n) is 1.66. The van der Waals surface area contributed by atoms with Gasteiger partial charge in [-0.15, -0.1) is 0 Å². The lowest BCUT2D eigenvalue weighted by atomic mass is 10.2. The zero-order valence-electron chi connectivity index (χ0n) is 9.19. The van der Waals surface area contributed by atoms with E-state index >= 15 is 0 Å². The van der Waals surface area contributed by atoms with Crippen LogP contribution in [0.15, 0.2) is 24.3 Å². The normalized spacial score (nSPS) is 15.3. The molecule has 5 heteroatoms. The van der Waals surface area contributed by atoms with E-state index in [1.54, 1.807) is 7.11 Å². The molecule has 5 nitrogen and oxygen atoms in total. The lowest BCUT2D eigenvalue weighted by molar-refractivity contribution is -0.119. The number of anilines is 1. The molecule has 1 aromatic carbocycles. The quantitative estimate of drug-likeness (QED) is 0.730. The highest BCUT2D eigenvalue weighted by atomic mass is 16.6. The molecule has 0 bridgehead atoms. The number of amides is 1. The highest BCUT2D eigenvalue weighted by molar-refractivity contribution is 5.81. The molecule has 1 aliphatic rings. The number of benzene rings is 1. The molecule has 0 aliphatic carbocycles. The summed E-state index contributed by atoms with van der Waals surface area (Å²) in [6, 6.07) is 7.97. The van der Waals surface area contributed by atoms with E-state index in [1.807, 2.05) is 29.3 Å². The van der Waals surface area contributed by atoms with Gasteiger partial charge in [-0.05, 0) is 17.7 Å². The van der Waals surface area contributed by atoms with Crippen LogP contribution >= 0.6 is 0 Å². The van der Waals surface area contributed by atoms with Gasteiger partial charge in [-0.2, -0.15) is 5.48 Å². The van der Waals surface area contributed by atoms with Gasteiger partial charge in [0.2, 0.25) is 5.91 Å². The Morgan fingerprint density at radius 1 is 1.56 bits per heavy atom. The summed E-state index contributed by atoms with van der Waals surface area (Å²) in [5, 5.41) is 1.86. The molecule has 1 aliphatic heterocycles. The Balaban J connectivity index is 2.06. The van der Waals surface area contributed by atoms with Crippen molar-refractivity contribution in [3.63, 3.8) is 0 Å². The molecule has 1 fully saturated rings. The summed E-state index contributed by atoms with van der Waals surface area (Å²) in [6.45, 7) is 1.37. The van der Waals surface area contributed by atoms with E-state index in [1.165, 1.54) is 0 Å². The summed E-state index contributed by atoms with van der Waals surface area (Å²) in [6.07, 6.45) is 0.556. The monoisotopic (exact) mass is 221 g/mol. The number of hydrogen-bond acceptors (Lipinski definition) is 4. The molecule has 1 amide bonds. The van der Waals surface area contributed by atoms with Crippen LogP contribution in [-0.2, 0) is 16.2 Å². The summed E-state index contributed by atoms with van der Waals surface area (Å²) in [5.74, 6) is 0.0698. The molecule has 1 saturated heterocycles. The molecular weight excluding hydrogens is 206 g/mol. The van der Waals surface area contributed by atoms with Crippen molar-refractivity contribution in [2.45, 2.75) is 13.0 Å². The summed E-state index contributed by atoms with van der Waals surface area (Å²) in [5.41, 5.74) is 7.69. The first-order valence-corrected chi connectivity index (χ1v) is 5.21. The van der Waals surface area contributed by atoms with Crippen LogP contribution in [0.2, 0.25) is 0 Å². The Morgan fingerprint density at radius 2 is 2.44 bits per heavy atom. The van der Waals surface area contributed by atoms with Gasteiger partial charge in [0.25, 0.3) is 0 Å². The largest absolute Gasteiger partial charge is 0.305 e. The Bertz CT molecular complexity index is 381. The Kier molecular flexibility index (Phi) is 3.38. The maximum absolute atomic E-state index is 11.1. The van der Waals surface area contributed by atoms with Gasteiger partial charge in [0.1, 0.15) is 0 Å². The van der Waals surface area contributed by atoms with Gasteiger partial charge in [-0.3, -0.25) is 15.2 Å². The minimum Gasteiger partial charge on any atom is -0.305 e. The fourth-order valence-corrected chi connectivity index (χ4v) is 1.66. The summed E-state index contributed by atoms with van der Waals surface area (Å²) in [4.78, 5) is 15.9. The highest BCUT2D eigenvalue weighted by Gasteiger charge is 2.18. The van der Waals surface area contributed by atoms with E-state index in [4.69, 9.17) is 4.84 Å². The van der Waals surface area contributed by atoms with Gasteiger partial charge in [0.05, 0.1) is 12.8 Å². The molecule has 2 N–H and O–H groups in total. The second-order valence-corrected chi connectivity index (χ2v) is 3.63.